The standard InChI is InChI=1S/C12H21NO3/c1-4-16-12(15)10(3)8-13-6-5-11(14)9(2)7-13/h9-10H,4-8H2,1-3H3. The van der Waals surface area contributed by atoms with Crippen molar-refractivity contribution in [1.29, 1.82) is 0 Å². The Morgan fingerprint density at radius 1 is 1.62 bits per heavy atom. The van der Waals surface area contributed by atoms with Crippen molar-refractivity contribution in [1.82, 2.24) is 4.90 Å². The molecule has 0 aromatic carbocycles. The molecule has 0 bridgehead atoms. The van der Waals surface area contributed by atoms with Gasteiger partial charge in [-0.05, 0) is 6.92 Å². The van der Waals surface area contributed by atoms with Gasteiger partial charge in [-0.15, -0.1) is 0 Å². The van der Waals surface area contributed by atoms with Gasteiger partial charge >= 0.3 is 5.97 Å². The third-order valence-corrected chi connectivity index (χ3v) is 2.98. The SMILES string of the molecule is CCOC(=O)C(C)CN1CCC(=O)C(C)C1. The Morgan fingerprint density at radius 3 is 2.88 bits per heavy atom. The Bertz CT molecular complexity index is 265. The zero-order valence-electron chi connectivity index (χ0n) is 10.4. The summed E-state index contributed by atoms with van der Waals surface area (Å²) in [5.74, 6) is 0.176. The van der Waals surface area contributed by atoms with Crippen molar-refractivity contribution in [2.75, 3.05) is 26.2 Å². The smallest absolute Gasteiger partial charge is 0.309 e. The molecule has 4 nitrogen and oxygen atoms in total. The van der Waals surface area contributed by atoms with E-state index in [9.17, 15) is 9.59 Å². The van der Waals surface area contributed by atoms with Gasteiger partial charge in [-0.2, -0.15) is 0 Å². The van der Waals surface area contributed by atoms with E-state index < -0.39 is 0 Å². The van der Waals surface area contributed by atoms with E-state index in [-0.39, 0.29) is 17.8 Å². The van der Waals surface area contributed by atoms with Crippen LogP contribution in [0.1, 0.15) is 27.2 Å². The van der Waals surface area contributed by atoms with Crippen molar-refractivity contribution < 1.29 is 14.3 Å². The van der Waals surface area contributed by atoms with E-state index in [4.69, 9.17) is 4.74 Å². The van der Waals surface area contributed by atoms with Crippen LogP contribution in [0.25, 0.3) is 0 Å². The number of nitrogens with zero attached hydrogens (tertiary/aromatic N) is 1. The number of hydrogen-bond donors (Lipinski definition) is 0. The molecule has 1 rings (SSSR count). The Labute approximate surface area is 96.9 Å². The number of hydrogen-bond acceptors (Lipinski definition) is 4. The molecule has 1 fully saturated rings. The quantitative estimate of drug-likeness (QED) is 0.675. The van der Waals surface area contributed by atoms with E-state index in [1.165, 1.54) is 0 Å². The summed E-state index contributed by atoms with van der Waals surface area (Å²) in [6.07, 6.45) is 0.608. The minimum absolute atomic E-state index is 0.100. The van der Waals surface area contributed by atoms with Crippen molar-refractivity contribution in [3.05, 3.63) is 0 Å². The maximum absolute atomic E-state index is 11.4. The number of ether oxygens (including phenoxy) is 1. The highest BCUT2D eigenvalue weighted by Crippen LogP contribution is 2.14. The van der Waals surface area contributed by atoms with E-state index in [0.717, 1.165) is 13.1 Å². The predicted octanol–water partition coefficient (Wildman–Crippen LogP) is 1.10. The zero-order valence-corrected chi connectivity index (χ0v) is 10.4. The van der Waals surface area contributed by atoms with Crippen LogP contribution < -0.4 is 0 Å². The topological polar surface area (TPSA) is 46.6 Å². The summed E-state index contributed by atoms with van der Waals surface area (Å²) in [7, 11) is 0. The van der Waals surface area contributed by atoms with Crippen LogP contribution >= 0.6 is 0 Å². The monoisotopic (exact) mass is 227 g/mol. The average molecular weight is 227 g/mol. The summed E-state index contributed by atoms with van der Waals surface area (Å²) in [6.45, 7) is 8.29. The highest BCUT2D eigenvalue weighted by atomic mass is 16.5. The molecule has 92 valence electrons. The molecule has 0 saturated carbocycles. The number of piperidine rings is 1. The Morgan fingerprint density at radius 2 is 2.31 bits per heavy atom. The minimum Gasteiger partial charge on any atom is -0.466 e. The van der Waals surface area contributed by atoms with Gasteiger partial charge in [0.05, 0.1) is 12.5 Å². The Hall–Kier alpha value is -0.900. The molecule has 0 amide bonds. The molecule has 2 unspecified atom stereocenters. The number of carbonyl (C=O) groups excluding carboxylic acids is 2. The summed E-state index contributed by atoms with van der Waals surface area (Å²) in [5, 5.41) is 0. The molecule has 1 heterocycles. The molecule has 0 N–H and O–H groups in total. The highest BCUT2D eigenvalue weighted by Gasteiger charge is 2.26. The van der Waals surface area contributed by atoms with Crippen LogP contribution in [0.15, 0.2) is 0 Å². The maximum Gasteiger partial charge on any atom is 0.309 e. The van der Waals surface area contributed by atoms with E-state index in [0.29, 0.717) is 25.4 Å². The van der Waals surface area contributed by atoms with Crippen molar-refractivity contribution in [2.24, 2.45) is 11.8 Å². The molecule has 0 aliphatic carbocycles. The van der Waals surface area contributed by atoms with E-state index >= 15 is 0 Å². The lowest BCUT2D eigenvalue weighted by atomic mass is 9.97. The van der Waals surface area contributed by atoms with Crippen LogP contribution in [0.5, 0.6) is 0 Å². The van der Waals surface area contributed by atoms with Gasteiger partial charge in [0, 0.05) is 32.0 Å². The Kier molecular flexibility index (Phi) is 4.93. The summed E-state index contributed by atoms with van der Waals surface area (Å²) >= 11 is 0. The molecular formula is C12H21NO3. The summed E-state index contributed by atoms with van der Waals surface area (Å²) in [5.41, 5.74) is 0. The van der Waals surface area contributed by atoms with Gasteiger partial charge in [0.1, 0.15) is 5.78 Å². The fourth-order valence-electron chi connectivity index (χ4n) is 2.01. The second-order valence-electron chi connectivity index (χ2n) is 4.53. The van der Waals surface area contributed by atoms with E-state index in [1.54, 1.807) is 0 Å². The van der Waals surface area contributed by atoms with Crippen LogP contribution in [0.2, 0.25) is 0 Å². The highest BCUT2D eigenvalue weighted by molar-refractivity contribution is 5.81. The fraction of sp³-hybridized carbons (Fsp3) is 0.833. The molecule has 0 aromatic rings. The first kappa shape index (κ1) is 13.2. The summed E-state index contributed by atoms with van der Waals surface area (Å²) in [4.78, 5) is 25.0. The zero-order chi connectivity index (χ0) is 12.1. The molecule has 4 heteroatoms. The number of ketones is 1. The second-order valence-corrected chi connectivity index (χ2v) is 4.53. The molecule has 16 heavy (non-hydrogen) atoms. The van der Waals surface area contributed by atoms with Gasteiger partial charge in [0.25, 0.3) is 0 Å². The van der Waals surface area contributed by atoms with Crippen LogP contribution in [0.3, 0.4) is 0 Å². The lowest BCUT2D eigenvalue weighted by Crippen LogP contribution is -2.42. The fourth-order valence-corrected chi connectivity index (χ4v) is 2.01. The first-order valence-corrected chi connectivity index (χ1v) is 5.96. The number of rotatable bonds is 4. The van der Waals surface area contributed by atoms with Gasteiger partial charge in [-0.1, -0.05) is 13.8 Å². The number of carbonyl (C=O) groups is 2. The number of esters is 1. The van der Waals surface area contributed by atoms with Crippen LogP contribution in [0, 0.1) is 11.8 Å². The number of likely N-dealkylation sites (tertiary alicyclic amines) is 1. The predicted molar refractivity (Wildman–Crippen MR) is 61.0 cm³/mol. The van der Waals surface area contributed by atoms with Crippen LogP contribution in [-0.2, 0) is 14.3 Å². The van der Waals surface area contributed by atoms with Crippen molar-refractivity contribution in [3.63, 3.8) is 0 Å². The first-order valence-electron chi connectivity index (χ1n) is 5.96. The van der Waals surface area contributed by atoms with Gasteiger partial charge < -0.3 is 9.64 Å². The summed E-state index contributed by atoms with van der Waals surface area (Å²) in [6, 6.07) is 0. The lowest BCUT2D eigenvalue weighted by Gasteiger charge is -2.31. The molecule has 1 aliphatic rings. The van der Waals surface area contributed by atoms with Gasteiger partial charge in [-0.3, -0.25) is 9.59 Å². The second kappa shape index (κ2) is 5.99. The normalized spacial score (nSPS) is 24.2. The minimum atomic E-state index is -0.146. The molecule has 2 atom stereocenters. The average Bonchev–Trinajstić information content (AvgIpc) is 2.24. The molecule has 1 saturated heterocycles. The largest absolute Gasteiger partial charge is 0.466 e. The van der Waals surface area contributed by atoms with Gasteiger partial charge in [-0.25, -0.2) is 0 Å². The molecule has 1 aliphatic heterocycles. The first-order chi connectivity index (χ1) is 7.54. The third-order valence-electron chi connectivity index (χ3n) is 2.98. The third kappa shape index (κ3) is 3.59. The molecule has 0 aromatic heterocycles. The summed E-state index contributed by atoms with van der Waals surface area (Å²) < 4.78 is 4.96. The van der Waals surface area contributed by atoms with Crippen LogP contribution in [-0.4, -0.2) is 42.9 Å². The van der Waals surface area contributed by atoms with Gasteiger partial charge in [0.15, 0.2) is 0 Å². The maximum atomic E-state index is 11.4. The molecular weight excluding hydrogens is 206 g/mol. The molecule has 0 radical (unpaired) electrons. The van der Waals surface area contributed by atoms with E-state index in [1.807, 2.05) is 20.8 Å². The van der Waals surface area contributed by atoms with Gasteiger partial charge in [0.2, 0.25) is 0 Å². The van der Waals surface area contributed by atoms with E-state index in [2.05, 4.69) is 4.90 Å². The lowest BCUT2D eigenvalue weighted by molar-refractivity contribution is -0.148. The van der Waals surface area contributed by atoms with Crippen molar-refractivity contribution >= 4 is 11.8 Å². The van der Waals surface area contributed by atoms with Crippen LogP contribution in [0.4, 0.5) is 0 Å². The van der Waals surface area contributed by atoms with Crippen molar-refractivity contribution in [2.45, 2.75) is 27.2 Å². The number of Topliss-reactive ketones (excluding diaryl/α,β-unsaturated/α-hetero) is 1. The van der Waals surface area contributed by atoms with Crippen molar-refractivity contribution in [3.8, 4) is 0 Å². The molecule has 0 spiro atoms. The Balaban J connectivity index is 2.37.